The SMILES string of the molecule is Cc1ncccc1C(=O)NC[C@H]1[C@H]2CN(C(=O)C3(C)CC3)C[C@]23CC[C@H]1O3. The molecule has 1 N–H and O–H groups in total. The van der Waals surface area contributed by atoms with E-state index in [1.54, 1.807) is 12.3 Å². The van der Waals surface area contributed by atoms with Crippen LogP contribution < -0.4 is 5.32 Å². The first kappa shape index (κ1) is 17.2. The van der Waals surface area contributed by atoms with Crippen LogP contribution in [0.4, 0.5) is 0 Å². The molecule has 4 heterocycles. The Kier molecular flexibility index (Phi) is 3.67. The first-order chi connectivity index (χ1) is 12.9. The largest absolute Gasteiger partial charge is 0.369 e. The number of amides is 2. The molecule has 2 amide bonds. The molecule has 2 bridgehead atoms. The summed E-state index contributed by atoms with van der Waals surface area (Å²) in [7, 11) is 0. The summed E-state index contributed by atoms with van der Waals surface area (Å²) in [4.78, 5) is 31.6. The van der Waals surface area contributed by atoms with Gasteiger partial charge in [-0.3, -0.25) is 14.6 Å². The Morgan fingerprint density at radius 2 is 2.19 bits per heavy atom. The molecule has 27 heavy (non-hydrogen) atoms. The Morgan fingerprint density at radius 1 is 1.37 bits per heavy atom. The maximum Gasteiger partial charge on any atom is 0.253 e. The number of aromatic nitrogens is 1. The summed E-state index contributed by atoms with van der Waals surface area (Å²) in [5.74, 6) is 0.836. The summed E-state index contributed by atoms with van der Waals surface area (Å²) in [5.41, 5.74) is 1.06. The van der Waals surface area contributed by atoms with Crippen LogP contribution >= 0.6 is 0 Å². The number of nitrogens with one attached hydrogen (secondary N) is 1. The molecule has 1 aliphatic carbocycles. The fourth-order valence-electron chi connectivity index (χ4n) is 5.43. The summed E-state index contributed by atoms with van der Waals surface area (Å²) < 4.78 is 6.41. The van der Waals surface area contributed by atoms with Crippen molar-refractivity contribution < 1.29 is 14.3 Å². The molecule has 1 saturated carbocycles. The van der Waals surface area contributed by atoms with Gasteiger partial charge in [0.2, 0.25) is 5.91 Å². The third-order valence-electron chi connectivity index (χ3n) is 7.34. The summed E-state index contributed by atoms with van der Waals surface area (Å²) in [6.07, 6.45) is 5.99. The Morgan fingerprint density at radius 3 is 2.93 bits per heavy atom. The van der Waals surface area contributed by atoms with Gasteiger partial charge in [0.25, 0.3) is 5.91 Å². The topological polar surface area (TPSA) is 71.5 Å². The van der Waals surface area contributed by atoms with Crippen molar-refractivity contribution in [3.05, 3.63) is 29.6 Å². The van der Waals surface area contributed by atoms with E-state index in [-0.39, 0.29) is 28.9 Å². The molecule has 1 spiro atoms. The van der Waals surface area contributed by atoms with E-state index in [4.69, 9.17) is 4.74 Å². The minimum absolute atomic E-state index is 0.0751. The van der Waals surface area contributed by atoms with E-state index in [9.17, 15) is 9.59 Å². The molecule has 6 nitrogen and oxygen atoms in total. The molecule has 144 valence electrons. The molecular formula is C21H27N3O3. The number of ether oxygens (including phenoxy) is 1. The van der Waals surface area contributed by atoms with Crippen LogP contribution in [0.25, 0.3) is 0 Å². The van der Waals surface area contributed by atoms with Gasteiger partial charge in [0, 0.05) is 42.2 Å². The smallest absolute Gasteiger partial charge is 0.253 e. The molecule has 3 aliphatic heterocycles. The van der Waals surface area contributed by atoms with Gasteiger partial charge in [0.1, 0.15) is 0 Å². The summed E-state index contributed by atoms with van der Waals surface area (Å²) in [5, 5.41) is 3.10. The number of likely N-dealkylation sites (tertiary alicyclic amines) is 1. The number of hydrogen-bond acceptors (Lipinski definition) is 4. The highest BCUT2D eigenvalue weighted by atomic mass is 16.5. The lowest BCUT2D eigenvalue weighted by atomic mass is 9.73. The van der Waals surface area contributed by atoms with Crippen molar-refractivity contribution in [3.8, 4) is 0 Å². The lowest BCUT2D eigenvalue weighted by molar-refractivity contribution is -0.136. The summed E-state index contributed by atoms with van der Waals surface area (Å²) >= 11 is 0. The van der Waals surface area contributed by atoms with Crippen LogP contribution in [0, 0.1) is 24.2 Å². The van der Waals surface area contributed by atoms with Crippen molar-refractivity contribution in [1.82, 2.24) is 15.2 Å². The fourth-order valence-corrected chi connectivity index (χ4v) is 5.43. The molecule has 0 unspecified atom stereocenters. The molecule has 0 radical (unpaired) electrons. The van der Waals surface area contributed by atoms with Gasteiger partial charge in [-0.25, -0.2) is 0 Å². The fraction of sp³-hybridized carbons (Fsp3) is 0.667. The van der Waals surface area contributed by atoms with Gasteiger partial charge in [-0.05, 0) is 44.7 Å². The third kappa shape index (κ3) is 2.60. The van der Waals surface area contributed by atoms with E-state index >= 15 is 0 Å². The Balaban J connectivity index is 1.28. The number of rotatable bonds is 4. The second-order valence-corrected chi connectivity index (χ2v) is 9.12. The molecule has 3 saturated heterocycles. The van der Waals surface area contributed by atoms with E-state index in [0.717, 1.165) is 44.5 Å². The minimum atomic E-state index is -0.175. The predicted molar refractivity (Wildman–Crippen MR) is 99.0 cm³/mol. The number of carbonyl (C=O) groups is 2. The molecule has 4 atom stereocenters. The van der Waals surface area contributed by atoms with Gasteiger partial charge in [-0.15, -0.1) is 0 Å². The van der Waals surface area contributed by atoms with Gasteiger partial charge in [0.15, 0.2) is 0 Å². The van der Waals surface area contributed by atoms with Crippen LogP contribution in [0.5, 0.6) is 0 Å². The number of aryl methyl sites for hydroxylation is 1. The van der Waals surface area contributed by atoms with Gasteiger partial charge in [-0.2, -0.15) is 0 Å². The van der Waals surface area contributed by atoms with Gasteiger partial charge in [-0.1, -0.05) is 6.92 Å². The number of hydrogen-bond donors (Lipinski definition) is 1. The molecule has 4 aliphatic rings. The van der Waals surface area contributed by atoms with Crippen molar-refractivity contribution in [1.29, 1.82) is 0 Å². The lowest BCUT2D eigenvalue weighted by Crippen LogP contribution is -2.42. The highest BCUT2D eigenvalue weighted by Crippen LogP contribution is 2.56. The third-order valence-corrected chi connectivity index (χ3v) is 7.34. The Labute approximate surface area is 159 Å². The zero-order valence-corrected chi connectivity index (χ0v) is 16.0. The molecular weight excluding hydrogens is 342 g/mol. The quantitative estimate of drug-likeness (QED) is 0.880. The molecule has 1 aromatic heterocycles. The minimum Gasteiger partial charge on any atom is -0.369 e. The molecule has 5 rings (SSSR count). The van der Waals surface area contributed by atoms with E-state index in [1.165, 1.54) is 0 Å². The van der Waals surface area contributed by atoms with Crippen molar-refractivity contribution in [2.75, 3.05) is 19.6 Å². The highest BCUT2D eigenvalue weighted by molar-refractivity contribution is 5.95. The van der Waals surface area contributed by atoms with Crippen LogP contribution in [0.3, 0.4) is 0 Å². The van der Waals surface area contributed by atoms with Crippen molar-refractivity contribution in [3.63, 3.8) is 0 Å². The first-order valence-corrected chi connectivity index (χ1v) is 10.1. The van der Waals surface area contributed by atoms with E-state index < -0.39 is 0 Å². The van der Waals surface area contributed by atoms with Crippen LogP contribution in [-0.4, -0.2) is 53.0 Å². The highest BCUT2D eigenvalue weighted by Gasteiger charge is 2.64. The number of carbonyl (C=O) groups excluding carboxylic acids is 2. The van der Waals surface area contributed by atoms with Gasteiger partial charge in [0.05, 0.1) is 23.8 Å². The average Bonchev–Trinajstić information content (AvgIpc) is 3.03. The van der Waals surface area contributed by atoms with E-state index in [2.05, 4.69) is 17.2 Å². The lowest BCUT2D eigenvalue weighted by Gasteiger charge is -2.29. The van der Waals surface area contributed by atoms with Crippen LogP contribution in [0.1, 0.15) is 48.7 Å². The van der Waals surface area contributed by atoms with Crippen molar-refractivity contribution in [2.24, 2.45) is 17.3 Å². The number of fused-ring (bicyclic) bond motifs is 1. The van der Waals surface area contributed by atoms with Crippen LogP contribution in [-0.2, 0) is 9.53 Å². The zero-order chi connectivity index (χ0) is 18.8. The van der Waals surface area contributed by atoms with Crippen molar-refractivity contribution >= 4 is 11.8 Å². The zero-order valence-electron chi connectivity index (χ0n) is 16.0. The number of nitrogens with zero attached hydrogens (tertiary/aromatic N) is 2. The summed E-state index contributed by atoms with van der Waals surface area (Å²) in [6.45, 7) is 6.03. The second kappa shape index (κ2) is 5.77. The standard InChI is InChI=1S/C21H27N3O3/c1-13-14(4-3-9-22-13)18(25)23-10-15-16-11-24(19(26)20(2)7-8-20)12-21(16)6-5-17(15)27-21/h3-4,9,15-17H,5-8,10-12H2,1-2H3,(H,23,25)/t15-,16+,17+,21+/m0/s1. The van der Waals surface area contributed by atoms with E-state index in [1.807, 2.05) is 17.9 Å². The normalized spacial score (nSPS) is 35.2. The van der Waals surface area contributed by atoms with Crippen LogP contribution in [0.15, 0.2) is 18.3 Å². The van der Waals surface area contributed by atoms with E-state index in [0.29, 0.717) is 23.9 Å². The van der Waals surface area contributed by atoms with Crippen LogP contribution in [0.2, 0.25) is 0 Å². The average molecular weight is 369 g/mol. The van der Waals surface area contributed by atoms with Crippen molar-refractivity contribution in [2.45, 2.75) is 51.2 Å². The maximum atomic E-state index is 12.8. The van der Waals surface area contributed by atoms with Gasteiger partial charge >= 0.3 is 0 Å². The molecule has 1 aromatic rings. The first-order valence-electron chi connectivity index (χ1n) is 10.1. The maximum absolute atomic E-state index is 12.8. The molecule has 4 fully saturated rings. The summed E-state index contributed by atoms with van der Waals surface area (Å²) in [6, 6.07) is 3.60. The Hall–Kier alpha value is -1.95. The number of pyridine rings is 1. The predicted octanol–water partition coefficient (Wildman–Crippen LogP) is 1.93. The van der Waals surface area contributed by atoms with Gasteiger partial charge < -0.3 is 15.0 Å². The molecule has 0 aromatic carbocycles. The Bertz CT molecular complexity index is 806. The monoisotopic (exact) mass is 369 g/mol. The second-order valence-electron chi connectivity index (χ2n) is 9.12. The molecule has 6 heteroatoms.